The monoisotopic (exact) mass is 494 g/mol. The molecule has 0 bridgehead atoms. The fourth-order valence-electron chi connectivity index (χ4n) is 3.87. The van der Waals surface area contributed by atoms with E-state index in [1.165, 1.54) is 31.3 Å². The standard InChI is InChI=1S/C28H31FN2O5/c1-35-24-14-11-21(17-25(24)36-2)18-26(33)31(19-20-9-12-23(29)13-10-20)27(22-7-4-3-5-8-22)28(34)30-15-6-16-32/h3-5,7-14,17,27,32H,6,15-16,18-19H2,1-2H3,(H,30,34)/t27-/m1/s1. The van der Waals surface area contributed by atoms with Crippen LogP contribution < -0.4 is 14.8 Å². The maximum absolute atomic E-state index is 13.7. The van der Waals surface area contributed by atoms with Crippen molar-refractivity contribution in [2.45, 2.75) is 25.4 Å². The van der Waals surface area contributed by atoms with Crippen LogP contribution in [0.3, 0.4) is 0 Å². The molecule has 0 fully saturated rings. The first-order valence-electron chi connectivity index (χ1n) is 11.6. The van der Waals surface area contributed by atoms with Crippen molar-refractivity contribution in [1.82, 2.24) is 10.2 Å². The molecular weight excluding hydrogens is 463 g/mol. The van der Waals surface area contributed by atoms with Gasteiger partial charge in [0.15, 0.2) is 11.5 Å². The summed E-state index contributed by atoms with van der Waals surface area (Å²) in [5.41, 5.74) is 2.01. The van der Waals surface area contributed by atoms with Crippen LogP contribution in [0.4, 0.5) is 4.39 Å². The number of carbonyl (C=O) groups excluding carboxylic acids is 2. The van der Waals surface area contributed by atoms with Gasteiger partial charge in [-0.05, 0) is 47.4 Å². The molecule has 0 aliphatic rings. The van der Waals surface area contributed by atoms with Crippen LogP contribution in [0.5, 0.6) is 11.5 Å². The van der Waals surface area contributed by atoms with Crippen molar-refractivity contribution in [1.29, 1.82) is 0 Å². The molecule has 36 heavy (non-hydrogen) atoms. The van der Waals surface area contributed by atoms with Crippen LogP contribution in [0, 0.1) is 5.82 Å². The number of benzene rings is 3. The predicted molar refractivity (Wildman–Crippen MR) is 134 cm³/mol. The smallest absolute Gasteiger partial charge is 0.247 e. The van der Waals surface area contributed by atoms with Crippen molar-refractivity contribution in [2.24, 2.45) is 0 Å². The van der Waals surface area contributed by atoms with E-state index in [1.54, 1.807) is 54.6 Å². The summed E-state index contributed by atoms with van der Waals surface area (Å²) in [6.07, 6.45) is 0.402. The summed E-state index contributed by atoms with van der Waals surface area (Å²) < 4.78 is 24.2. The SMILES string of the molecule is COc1ccc(CC(=O)N(Cc2ccc(F)cc2)[C@@H](C(=O)NCCCO)c2ccccc2)cc1OC. The Morgan fingerprint density at radius 1 is 0.944 bits per heavy atom. The van der Waals surface area contributed by atoms with Gasteiger partial charge >= 0.3 is 0 Å². The van der Waals surface area contributed by atoms with Crippen LogP contribution in [0.25, 0.3) is 0 Å². The van der Waals surface area contributed by atoms with Crippen LogP contribution in [0.2, 0.25) is 0 Å². The topological polar surface area (TPSA) is 88.1 Å². The molecule has 0 aliphatic heterocycles. The molecule has 0 saturated carbocycles. The lowest BCUT2D eigenvalue weighted by atomic mass is 10.0. The summed E-state index contributed by atoms with van der Waals surface area (Å²) in [7, 11) is 3.05. The molecule has 8 heteroatoms. The number of aliphatic hydroxyl groups excluding tert-OH is 1. The lowest BCUT2D eigenvalue weighted by Crippen LogP contribution is -2.44. The van der Waals surface area contributed by atoms with E-state index < -0.39 is 6.04 Å². The van der Waals surface area contributed by atoms with Crippen LogP contribution in [0.1, 0.15) is 29.2 Å². The maximum atomic E-state index is 13.7. The first kappa shape index (κ1) is 26.7. The molecule has 2 amide bonds. The van der Waals surface area contributed by atoms with Gasteiger partial charge in [-0.15, -0.1) is 0 Å². The summed E-state index contributed by atoms with van der Waals surface area (Å²) in [5, 5.41) is 11.9. The van der Waals surface area contributed by atoms with Gasteiger partial charge in [0.25, 0.3) is 0 Å². The molecule has 0 heterocycles. The van der Waals surface area contributed by atoms with Crippen molar-refractivity contribution in [2.75, 3.05) is 27.4 Å². The van der Waals surface area contributed by atoms with Gasteiger partial charge in [0.1, 0.15) is 11.9 Å². The number of hydrogen-bond acceptors (Lipinski definition) is 5. The molecule has 3 aromatic carbocycles. The molecule has 0 saturated heterocycles. The van der Waals surface area contributed by atoms with E-state index in [0.29, 0.717) is 34.6 Å². The zero-order chi connectivity index (χ0) is 25.9. The molecule has 3 aromatic rings. The molecule has 1 atom stereocenters. The molecule has 0 spiro atoms. The summed E-state index contributed by atoms with van der Waals surface area (Å²) in [5.74, 6) is -0.00466. The number of ether oxygens (including phenoxy) is 2. The molecule has 0 aromatic heterocycles. The molecule has 3 rings (SSSR count). The third-order valence-electron chi connectivity index (χ3n) is 5.70. The van der Waals surface area contributed by atoms with Gasteiger partial charge < -0.3 is 24.8 Å². The number of hydrogen-bond donors (Lipinski definition) is 2. The highest BCUT2D eigenvalue weighted by Crippen LogP contribution is 2.29. The van der Waals surface area contributed by atoms with E-state index in [2.05, 4.69) is 5.32 Å². The Balaban J connectivity index is 1.98. The van der Waals surface area contributed by atoms with E-state index in [-0.39, 0.29) is 43.7 Å². The Bertz CT molecular complexity index is 1140. The molecular formula is C28H31FN2O5. The number of methoxy groups -OCH3 is 2. The zero-order valence-corrected chi connectivity index (χ0v) is 20.4. The molecule has 2 N–H and O–H groups in total. The summed E-state index contributed by atoms with van der Waals surface area (Å²) in [6.45, 7) is 0.306. The van der Waals surface area contributed by atoms with Gasteiger partial charge in [0.2, 0.25) is 11.8 Å². The van der Waals surface area contributed by atoms with Gasteiger partial charge in [-0.25, -0.2) is 4.39 Å². The number of aliphatic hydroxyl groups is 1. The molecule has 0 radical (unpaired) electrons. The summed E-state index contributed by atoms with van der Waals surface area (Å²) >= 11 is 0. The Labute approximate surface area is 210 Å². The van der Waals surface area contributed by atoms with E-state index in [9.17, 15) is 14.0 Å². The van der Waals surface area contributed by atoms with Crippen molar-refractivity contribution in [3.05, 3.63) is 95.3 Å². The maximum Gasteiger partial charge on any atom is 0.247 e. The Morgan fingerprint density at radius 2 is 1.61 bits per heavy atom. The van der Waals surface area contributed by atoms with E-state index in [0.717, 1.165) is 0 Å². The predicted octanol–water partition coefficient (Wildman–Crippen LogP) is 3.65. The Hall–Kier alpha value is -3.91. The molecule has 0 aliphatic carbocycles. The van der Waals surface area contributed by atoms with Gasteiger partial charge in [-0.1, -0.05) is 48.5 Å². The van der Waals surface area contributed by atoms with Gasteiger partial charge in [-0.2, -0.15) is 0 Å². The average Bonchev–Trinajstić information content (AvgIpc) is 2.90. The van der Waals surface area contributed by atoms with E-state index in [1.807, 2.05) is 6.07 Å². The molecule has 7 nitrogen and oxygen atoms in total. The highest BCUT2D eigenvalue weighted by Gasteiger charge is 2.31. The minimum Gasteiger partial charge on any atom is -0.493 e. The van der Waals surface area contributed by atoms with Crippen molar-refractivity contribution in [3.8, 4) is 11.5 Å². The number of rotatable bonds is 12. The molecule has 0 unspecified atom stereocenters. The van der Waals surface area contributed by atoms with E-state index in [4.69, 9.17) is 14.6 Å². The second kappa shape index (κ2) is 13.3. The number of carbonyl (C=O) groups is 2. The number of nitrogens with one attached hydrogen (secondary N) is 1. The number of nitrogens with zero attached hydrogens (tertiary/aromatic N) is 1. The van der Waals surface area contributed by atoms with Crippen LogP contribution in [-0.2, 0) is 22.6 Å². The lowest BCUT2D eigenvalue weighted by Gasteiger charge is -2.32. The first-order valence-corrected chi connectivity index (χ1v) is 11.6. The summed E-state index contributed by atoms with van der Waals surface area (Å²) in [4.78, 5) is 28.6. The van der Waals surface area contributed by atoms with E-state index >= 15 is 0 Å². The largest absolute Gasteiger partial charge is 0.493 e. The Morgan fingerprint density at radius 3 is 2.25 bits per heavy atom. The molecule has 190 valence electrons. The van der Waals surface area contributed by atoms with Crippen LogP contribution >= 0.6 is 0 Å². The van der Waals surface area contributed by atoms with Crippen LogP contribution in [0.15, 0.2) is 72.8 Å². The normalized spacial score (nSPS) is 11.4. The van der Waals surface area contributed by atoms with Crippen molar-refractivity contribution >= 4 is 11.8 Å². The van der Waals surface area contributed by atoms with Gasteiger partial charge in [0, 0.05) is 19.7 Å². The quantitative estimate of drug-likeness (QED) is 0.375. The van der Waals surface area contributed by atoms with Gasteiger partial charge in [-0.3, -0.25) is 9.59 Å². The fourth-order valence-corrected chi connectivity index (χ4v) is 3.87. The number of amides is 2. The Kier molecular flexibility index (Phi) is 9.82. The third kappa shape index (κ3) is 7.05. The minimum absolute atomic E-state index is 0.00873. The lowest BCUT2D eigenvalue weighted by molar-refractivity contribution is -0.141. The number of halogens is 1. The zero-order valence-electron chi connectivity index (χ0n) is 20.4. The average molecular weight is 495 g/mol. The second-order valence-corrected chi connectivity index (χ2v) is 8.20. The van der Waals surface area contributed by atoms with Crippen LogP contribution in [-0.4, -0.2) is 49.2 Å². The highest BCUT2D eigenvalue weighted by atomic mass is 19.1. The van der Waals surface area contributed by atoms with Gasteiger partial charge in [0.05, 0.1) is 20.6 Å². The second-order valence-electron chi connectivity index (χ2n) is 8.20. The minimum atomic E-state index is -0.928. The third-order valence-corrected chi connectivity index (χ3v) is 5.70. The van der Waals surface area contributed by atoms with Crippen molar-refractivity contribution in [3.63, 3.8) is 0 Å². The first-order chi connectivity index (χ1) is 17.5. The summed E-state index contributed by atoms with van der Waals surface area (Å²) in [6, 6.07) is 19.2. The fraction of sp³-hybridized carbons (Fsp3) is 0.286. The highest BCUT2D eigenvalue weighted by molar-refractivity contribution is 5.89. The van der Waals surface area contributed by atoms with Crippen molar-refractivity contribution < 1.29 is 28.6 Å².